The molecule has 0 saturated heterocycles. The van der Waals surface area contributed by atoms with Crippen molar-refractivity contribution in [2.75, 3.05) is 25.2 Å². The zero-order valence-electron chi connectivity index (χ0n) is 12.0. The van der Waals surface area contributed by atoms with E-state index in [-0.39, 0.29) is 22.3 Å². The van der Waals surface area contributed by atoms with E-state index >= 15 is 0 Å². The largest absolute Gasteiger partial charge is 0.387 e. The second kappa shape index (κ2) is 6.11. The molecule has 20 heavy (non-hydrogen) atoms. The number of sulfonamides is 1. The molecule has 0 fully saturated rings. The van der Waals surface area contributed by atoms with Gasteiger partial charge in [-0.15, -0.1) is 0 Å². The fourth-order valence-corrected chi connectivity index (χ4v) is 3.69. The van der Waals surface area contributed by atoms with Crippen molar-refractivity contribution >= 4 is 25.5 Å². The molecule has 0 bridgehead atoms. The molecule has 1 aromatic carbocycles. The zero-order chi connectivity index (χ0) is 15.6. The Hall–Kier alpha value is -1.12. The second-order valence-corrected chi connectivity index (χ2v) is 8.68. The number of rotatable bonds is 6. The molecule has 0 atom stereocenters. The van der Waals surface area contributed by atoms with Gasteiger partial charge in [-0.05, 0) is 24.1 Å². The maximum Gasteiger partial charge on any atom is 0.242 e. The molecular formula is C12H20N2O4S2. The van der Waals surface area contributed by atoms with Crippen LogP contribution in [0.4, 0.5) is 5.69 Å². The minimum atomic E-state index is -3.76. The summed E-state index contributed by atoms with van der Waals surface area (Å²) >= 11 is 0. The van der Waals surface area contributed by atoms with Crippen molar-refractivity contribution in [3.05, 3.63) is 18.2 Å². The van der Waals surface area contributed by atoms with E-state index in [1.54, 1.807) is 7.05 Å². The van der Waals surface area contributed by atoms with Crippen molar-refractivity contribution in [1.29, 1.82) is 0 Å². The molecule has 0 aliphatic carbocycles. The van der Waals surface area contributed by atoms with Crippen LogP contribution in [0.25, 0.3) is 0 Å². The summed E-state index contributed by atoms with van der Waals surface area (Å²) in [5.74, 6) is 0.154. The van der Waals surface area contributed by atoms with E-state index < -0.39 is 19.9 Å². The first-order chi connectivity index (χ1) is 9.08. The van der Waals surface area contributed by atoms with Crippen molar-refractivity contribution in [3.63, 3.8) is 0 Å². The average molecular weight is 320 g/mol. The van der Waals surface area contributed by atoms with Gasteiger partial charge in [-0.1, -0.05) is 13.8 Å². The Kier molecular flexibility index (Phi) is 5.17. The van der Waals surface area contributed by atoms with Crippen molar-refractivity contribution in [2.24, 2.45) is 5.92 Å². The first-order valence-corrected chi connectivity index (χ1v) is 9.47. The molecule has 1 rings (SSSR count). The summed E-state index contributed by atoms with van der Waals surface area (Å²) in [4.78, 5) is -0.0926. The summed E-state index contributed by atoms with van der Waals surface area (Å²) < 4.78 is 50.0. The van der Waals surface area contributed by atoms with E-state index in [9.17, 15) is 16.8 Å². The van der Waals surface area contributed by atoms with Crippen LogP contribution in [0.1, 0.15) is 13.8 Å². The molecule has 114 valence electrons. The Morgan fingerprint density at radius 3 is 2.20 bits per heavy atom. The zero-order valence-corrected chi connectivity index (χ0v) is 13.6. The lowest BCUT2D eigenvalue weighted by atomic mass is 10.2. The molecule has 0 spiro atoms. The number of hydrogen-bond donors (Lipinski definition) is 2. The highest BCUT2D eigenvalue weighted by Crippen LogP contribution is 2.24. The smallest absolute Gasteiger partial charge is 0.242 e. The molecule has 1 aromatic rings. The fourth-order valence-electron chi connectivity index (χ4n) is 1.52. The van der Waals surface area contributed by atoms with Gasteiger partial charge in [0.2, 0.25) is 10.0 Å². The van der Waals surface area contributed by atoms with E-state index in [0.717, 1.165) is 6.26 Å². The third kappa shape index (κ3) is 4.19. The molecule has 0 aromatic heterocycles. The lowest BCUT2D eigenvalue weighted by molar-refractivity contribution is 0.560. The highest BCUT2D eigenvalue weighted by molar-refractivity contribution is 7.91. The normalized spacial score (nSPS) is 12.7. The SMILES string of the molecule is CNc1ccc(S(C)(=O)=O)cc1S(=O)(=O)NCC(C)C. The van der Waals surface area contributed by atoms with Crippen LogP contribution in [0.3, 0.4) is 0 Å². The summed E-state index contributed by atoms with van der Waals surface area (Å²) in [6, 6.07) is 3.99. The van der Waals surface area contributed by atoms with E-state index in [1.165, 1.54) is 18.2 Å². The minimum Gasteiger partial charge on any atom is -0.387 e. The van der Waals surface area contributed by atoms with Crippen LogP contribution in [0, 0.1) is 5.92 Å². The minimum absolute atomic E-state index is 0.0265. The molecule has 0 aliphatic rings. The van der Waals surface area contributed by atoms with Gasteiger partial charge in [0.25, 0.3) is 0 Å². The second-order valence-electron chi connectivity index (χ2n) is 4.93. The standard InChI is InChI=1S/C12H20N2O4S2/c1-9(2)8-14-20(17,18)12-7-10(19(4,15)16)5-6-11(12)13-3/h5-7,9,13-14H,8H2,1-4H3. The molecule has 0 heterocycles. The third-order valence-corrected chi connectivity index (χ3v) is 5.20. The molecule has 6 nitrogen and oxygen atoms in total. The first-order valence-electron chi connectivity index (χ1n) is 6.09. The van der Waals surface area contributed by atoms with Gasteiger partial charge in [0.05, 0.1) is 10.6 Å². The maximum absolute atomic E-state index is 12.2. The van der Waals surface area contributed by atoms with Gasteiger partial charge in [-0.2, -0.15) is 0 Å². The van der Waals surface area contributed by atoms with Crippen LogP contribution < -0.4 is 10.0 Å². The van der Waals surface area contributed by atoms with Crippen molar-refractivity contribution in [3.8, 4) is 0 Å². The topological polar surface area (TPSA) is 92.3 Å². The lowest BCUT2D eigenvalue weighted by Gasteiger charge is -2.13. The summed E-state index contributed by atoms with van der Waals surface area (Å²) in [5.41, 5.74) is 0.355. The van der Waals surface area contributed by atoms with E-state index in [1.807, 2.05) is 13.8 Å². The predicted octanol–water partition coefficient (Wildman–Crippen LogP) is 1.07. The van der Waals surface area contributed by atoms with Crippen LogP contribution in [-0.2, 0) is 19.9 Å². The average Bonchev–Trinajstić information content (AvgIpc) is 2.34. The predicted molar refractivity (Wildman–Crippen MR) is 79.1 cm³/mol. The quantitative estimate of drug-likeness (QED) is 0.818. The Morgan fingerprint density at radius 1 is 1.15 bits per heavy atom. The third-order valence-electron chi connectivity index (χ3n) is 2.62. The molecule has 8 heteroatoms. The van der Waals surface area contributed by atoms with Gasteiger partial charge in [0.1, 0.15) is 4.90 Å². The highest BCUT2D eigenvalue weighted by Gasteiger charge is 2.21. The van der Waals surface area contributed by atoms with Crippen molar-refractivity contribution < 1.29 is 16.8 Å². The van der Waals surface area contributed by atoms with Gasteiger partial charge >= 0.3 is 0 Å². The summed E-state index contributed by atoms with van der Waals surface area (Å²) in [5, 5.41) is 2.75. The maximum atomic E-state index is 12.2. The highest BCUT2D eigenvalue weighted by atomic mass is 32.2. The van der Waals surface area contributed by atoms with E-state index in [4.69, 9.17) is 0 Å². The number of anilines is 1. The lowest BCUT2D eigenvalue weighted by Crippen LogP contribution is -2.28. The van der Waals surface area contributed by atoms with Crippen molar-refractivity contribution in [1.82, 2.24) is 4.72 Å². The van der Waals surface area contributed by atoms with E-state index in [0.29, 0.717) is 5.69 Å². The molecule has 2 N–H and O–H groups in total. The molecule has 0 radical (unpaired) electrons. The summed E-state index contributed by atoms with van der Waals surface area (Å²) in [6.07, 6.45) is 1.04. The first kappa shape index (κ1) is 16.9. The fraction of sp³-hybridized carbons (Fsp3) is 0.500. The van der Waals surface area contributed by atoms with Crippen LogP contribution >= 0.6 is 0 Å². The van der Waals surface area contributed by atoms with Crippen molar-refractivity contribution in [2.45, 2.75) is 23.6 Å². The summed E-state index contributed by atoms with van der Waals surface area (Å²) in [6.45, 7) is 4.05. The number of benzene rings is 1. The Morgan fingerprint density at radius 2 is 1.75 bits per heavy atom. The van der Waals surface area contributed by atoms with Gasteiger partial charge < -0.3 is 5.32 Å². The van der Waals surface area contributed by atoms with Gasteiger partial charge in [-0.25, -0.2) is 21.6 Å². The molecular weight excluding hydrogens is 300 g/mol. The number of hydrogen-bond acceptors (Lipinski definition) is 5. The Labute approximate surface area is 120 Å². The number of nitrogens with one attached hydrogen (secondary N) is 2. The number of sulfone groups is 1. The van der Waals surface area contributed by atoms with E-state index in [2.05, 4.69) is 10.0 Å². The monoisotopic (exact) mass is 320 g/mol. The van der Waals surface area contributed by atoms with Crippen LogP contribution in [0.5, 0.6) is 0 Å². The molecule has 0 saturated carbocycles. The molecule has 0 amide bonds. The van der Waals surface area contributed by atoms with Crippen LogP contribution in [-0.4, -0.2) is 36.7 Å². The Balaban J connectivity index is 3.34. The van der Waals surface area contributed by atoms with Crippen LogP contribution in [0.15, 0.2) is 28.0 Å². The van der Waals surface area contributed by atoms with Crippen LogP contribution in [0.2, 0.25) is 0 Å². The molecule has 0 unspecified atom stereocenters. The van der Waals surface area contributed by atoms with Gasteiger partial charge in [0.15, 0.2) is 9.84 Å². The summed E-state index contributed by atoms with van der Waals surface area (Å²) in [7, 11) is -5.64. The van der Waals surface area contributed by atoms with Gasteiger partial charge in [0, 0.05) is 19.8 Å². The van der Waals surface area contributed by atoms with Gasteiger partial charge in [-0.3, -0.25) is 0 Å². The molecule has 0 aliphatic heterocycles. The Bertz CT molecular complexity index is 679.